The molecule has 0 unspecified atom stereocenters. The van der Waals surface area contributed by atoms with Crippen LogP contribution in [0.1, 0.15) is 49.7 Å². The van der Waals surface area contributed by atoms with Crippen LogP contribution >= 0.6 is 11.6 Å². The van der Waals surface area contributed by atoms with Crippen LogP contribution in [0.3, 0.4) is 0 Å². The highest BCUT2D eigenvalue weighted by Gasteiger charge is 2.14. The van der Waals surface area contributed by atoms with Crippen LogP contribution in [0.15, 0.2) is 23.2 Å². The number of nitrogens with zero attached hydrogens (tertiary/aromatic N) is 1. The first-order valence-corrected chi connectivity index (χ1v) is 7.40. The van der Waals surface area contributed by atoms with E-state index in [1.54, 1.807) is 0 Å². The van der Waals surface area contributed by atoms with Crippen LogP contribution in [-0.2, 0) is 0 Å². The van der Waals surface area contributed by atoms with Gasteiger partial charge in [-0.3, -0.25) is 4.99 Å². The Hall–Kier alpha value is -1.06. The summed E-state index contributed by atoms with van der Waals surface area (Å²) in [5.41, 5.74) is 4.77. The van der Waals surface area contributed by atoms with Crippen molar-refractivity contribution in [3.05, 3.63) is 34.3 Å². The van der Waals surface area contributed by atoms with Gasteiger partial charge in [-0.2, -0.15) is 0 Å². The van der Waals surface area contributed by atoms with Crippen molar-refractivity contribution in [2.45, 2.75) is 51.5 Å². The summed E-state index contributed by atoms with van der Waals surface area (Å²) in [7, 11) is 0. The lowest BCUT2D eigenvalue weighted by Crippen LogP contribution is -2.33. The standard InChI is InChI=1S/C15H22ClN3/c1-11-13(9-6-10-14(11)16)15(19-17)18-12-7-4-2-3-5-8-12/h6,9-10,12H,2-5,7-8,17H2,1H3,(H,18,19). The molecule has 3 N–H and O–H groups in total. The summed E-state index contributed by atoms with van der Waals surface area (Å²) >= 11 is 6.16. The lowest BCUT2D eigenvalue weighted by Gasteiger charge is -2.14. The maximum Gasteiger partial charge on any atom is 0.143 e. The van der Waals surface area contributed by atoms with Gasteiger partial charge >= 0.3 is 0 Å². The molecule has 1 fully saturated rings. The molecule has 0 heterocycles. The Morgan fingerprint density at radius 1 is 1.26 bits per heavy atom. The number of nitrogens with two attached hydrogens (primary N) is 1. The van der Waals surface area contributed by atoms with Crippen LogP contribution in [0.5, 0.6) is 0 Å². The van der Waals surface area contributed by atoms with Crippen LogP contribution in [0.25, 0.3) is 0 Å². The molecule has 1 aromatic rings. The summed E-state index contributed by atoms with van der Waals surface area (Å²) in [6.45, 7) is 2.00. The maximum atomic E-state index is 6.16. The zero-order chi connectivity index (χ0) is 13.7. The second-order valence-electron chi connectivity index (χ2n) is 5.18. The molecule has 0 amide bonds. The number of halogens is 1. The zero-order valence-corrected chi connectivity index (χ0v) is 12.2. The molecule has 2 rings (SSSR count). The fourth-order valence-corrected chi connectivity index (χ4v) is 2.79. The first kappa shape index (κ1) is 14.4. The van der Waals surface area contributed by atoms with Crippen molar-refractivity contribution in [2.75, 3.05) is 0 Å². The predicted molar refractivity (Wildman–Crippen MR) is 81.5 cm³/mol. The largest absolute Gasteiger partial charge is 0.308 e. The highest BCUT2D eigenvalue weighted by molar-refractivity contribution is 6.31. The SMILES string of the molecule is Cc1c(Cl)cccc1C(=NC1CCCCCC1)NN. The number of benzene rings is 1. The molecule has 0 atom stereocenters. The average Bonchev–Trinajstić information content (AvgIpc) is 2.68. The molecular formula is C15H22ClN3. The Morgan fingerprint density at radius 2 is 1.95 bits per heavy atom. The number of aliphatic imine (C=N–C) groups is 1. The third-order valence-electron chi connectivity index (χ3n) is 3.80. The summed E-state index contributed by atoms with van der Waals surface area (Å²) < 4.78 is 0. The molecule has 3 nitrogen and oxygen atoms in total. The summed E-state index contributed by atoms with van der Waals surface area (Å²) in [6.07, 6.45) is 7.50. The number of hydrogen-bond donors (Lipinski definition) is 2. The smallest absolute Gasteiger partial charge is 0.143 e. The monoisotopic (exact) mass is 279 g/mol. The first-order chi connectivity index (χ1) is 9.22. The number of amidine groups is 1. The highest BCUT2D eigenvalue weighted by Crippen LogP contribution is 2.22. The van der Waals surface area contributed by atoms with Gasteiger partial charge in [-0.25, -0.2) is 5.84 Å². The molecule has 19 heavy (non-hydrogen) atoms. The Morgan fingerprint density at radius 3 is 2.58 bits per heavy atom. The Balaban J connectivity index is 2.25. The molecule has 0 spiro atoms. The van der Waals surface area contributed by atoms with E-state index in [0.717, 1.165) is 34.8 Å². The van der Waals surface area contributed by atoms with Gasteiger partial charge in [-0.1, -0.05) is 49.4 Å². The van der Waals surface area contributed by atoms with Gasteiger partial charge in [0.2, 0.25) is 0 Å². The second kappa shape index (κ2) is 6.92. The third kappa shape index (κ3) is 3.71. The minimum atomic E-state index is 0.381. The normalized spacial score (nSPS) is 18.2. The predicted octanol–water partition coefficient (Wildman–Crippen LogP) is 3.58. The summed E-state index contributed by atoms with van der Waals surface area (Å²) in [6, 6.07) is 6.22. The van der Waals surface area contributed by atoms with E-state index in [0.29, 0.717) is 6.04 Å². The summed E-state index contributed by atoms with van der Waals surface area (Å²) in [4.78, 5) is 4.81. The van der Waals surface area contributed by atoms with Gasteiger partial charge in [0.1, 0.15) is 5.84 Å². The van der Waals surface area contributed by atoms with E-state index in [-0.39, 0.29) is 0 Å². The van der Waals surface area contributed by atoms with Crippen molar-refractivity contribution in [2.24, 2.45) is 10.8 Å². The molecule has 0 aromatic heterocycles. The molecule has 104 valence electrons. The van der Waals surface area contributed by atoms with E-state index < -0.39 is 0 Å². The molecule has 1 aromatic carbocycles. The molecule has 0 bridgehead atoms. The van der Waals surface area contributed by atoms with Crippen LogP contribution in [0, 0.1) is 6.92 Å². The molecule has 1 saturated carbocycles. The van der Waals surface area contributed by atoms with Crippen LogP contribution in [-0.4, -0.2) is 11.9 Å². The third-order valence-corrected chi connectivity index (χ3v) is 4.21. The lowest BCUT2D eigenvalue weighted by molar-refractivity contribution is 0.583. The number of rotatable bonds is 2. The Kier molecular flexibility index (Phi) is 5.23. The Bertz CT molecular complexity index is 449. The van der Waals surface area contributed by atoms with E-state index in [1.807, 2.05) is 25.1 Å². The average molecular weight is 280 g/mol. The van der Waals surface area contributed by atoms with Gasteiger partial charge in [0, 0.05) is 10.6 Å². The summed E-state index contributed by atoms with van der Waals surface area (Å²) in [5.74, 6) is 6.41. The van der Waals surface area contributed by atoms with E-state index in [9.17, 15) is 0 Å². The quantitative estimate of drug-likeness (QED) is 0.286. The fourth-order valence-electron chi connectivity index (χ4n) is 2.62. The maximum absolute atomic E-state index is 6.16. The summed E-state index contributed by atoms with van der Waals surface area (Å²) in [5, 5.41) is 0.751. The van der Waals surface area contributed by atoms with E-state index >= 15 is 0 Å². The van der Waals surface area contributed by atoms with Crippen LogP contribution < -0.4 is 11.3 Å². The van der Waals surface area contributed by atoms with Crippen molar-refractivity contribution in [1.29, 1.82) is 0 Å². The molecule has 0 aliphatic heterocycles. The minimum absolute atomic E-state index is 0.381. The zero-order valence-electron chi connectivity index (χ0n) is 11.5. The van der Waals surface area contributed by atoms with E-state index in [4.69, 9.17) is 22.4 Å². The number of hydrazine groups is 1. The Labute approximate surface area is 120 Å². The van der Waals surface area contributed by atoms with Crippen molar-refractivity contribution >= 4 is 17.4 Å². The van der Waals surface area contributed by atoms with Gasteiger partial charge in [0.25, 0.3) is 0 Å². The first-order valence-electron chi connectivity index (χ1n) is 7.02. The van der Waals surface area contributed by atoms with Gasteiger partial charge in [0.15, 0.2) is 0 Å². The topological polar surface area (TPSA) is 50.4 Å². The van der Waals surface area contributed by atoms with Crippen molar-refractivity contribution < 1.29 is 0 Å². The van der Waals surface area contributed by atoms with Gasteiger partial charge in [-0.05, 0) is 31.4 Å². The molecular weight excluding hydrogens is 258 g/mol. The minimum Gasteiger partial charge on any atom is -0.308 e. The van der Waals surface area contributed by atoms with E-state index in [2.05, 4.69) is 5.43 Å². The molecule has 1 aliphatic carbocycles. The number of nitrogens with one attached hydrogen (secondary N) is 1. The van der Waals surface area contributed by atoms with Crippen molar-refractivity contribution in [3.63, 3.8) is 0 Å². The van der Waals surface area contributed by atoms with Gasteiger partial charge in [-0.15, -0.1) is 0 Å². The van der Waals surface area contributed by atoms with Gasteiger partial charge in [0.05, 0.1) is 6.04 Å². The van der Waals surface area contributed by atoms with Crippen molar-refractivity contribution in [3.8, 4) is 0 Å². The van der Waals surface area contributed by atoms with Crippen LogP contribution in [0.4, 0.5) is 0 Å². The molecule has 1 aliphatic rings. The lowest BCUT2D eigenvalue weighted by atomic mass is 10.1. The second-order valence-corrected chi connectivity index (χ2v) is 5.59. The van der Waals surface area contributed by atoms with Crippen molar-refractivity contribution in [1.82, 2.24) is 5.43 Å². The number of hydrogen-bond acceptors (Lipinski definition) is 2. The van der Waals surface area contributed by atoms with E-state index in [1.165, 1.54) is 25.7 Å². The van der Waals surface area contributed by atoms with Gasteiger partial charge < -0.3 is 5.43 Å². The molecule has 4 heteroatoms. The fraction of sp³-hybridized carbons (Fsp3) is 0.533. The highest BCUT2D eigenvalue weighted by atomic mass is 35.5. The molecule has 0 radical (unpaired) electrons. The molecule has 0 saturated heterocycles. The van der Waals surface area contributed by atoms with Crippen LogP contribution in [0.2, 0.25) is 5.02 Å².